The molecule has 0 aliphatic carbocycles. The number of nitrogens with zero attached hydrogens (tertiary/aromatic N) is 1. The third kappa shape index (κ3) is 23.4. The molecular weight excluding hydrogens is 510 g/mol. The van der Waals surface area contributed by atoms with Gasteiger partial charge in [-0.25, -0.2) is 8.78 Å². The van der Waals surface area contributed by atoms with E-state index in [2.05, 4.69) is 51.1 Å². The number of allylic oxidation sites excluding steroid dienone is 2. The summed E-state index contributed by atoms with van der Waals surface area (Å²) in [7, 11) is 0. The van der Waals surface area contributed by atoms with Gasteiger partial charge in [0.15, 0.2) is 0 Å². The van der Waals surface area contributed by atoms with E-state index in [0.29, 0.717) is 5.56 Å². The van der Waals surface area contributed by atoms with E-state index in [-0.39, 0.29) is 11.6 Å². The third-order valence-electron chi connectivity index (χ3n) is 5.01. The Labute approximate surface area is 253 Å². The molecule has 0 spiro atoms. The van der Waals surface area contributed by atoms with E-state index in [1.54, 1.807) is 24.5 Å². The van der Waals surface area contributed by atoms with Crippen LogP contribution in [0.4, 0.5) is 8.78 Å². The summed E-state index contributed by atoms with van der Waals surface area (Å²) in [6.07, 6.45) is 12.4. The van der Waals surface area contributed by atoms with Crippen LogP contribution in [0.15, 0.2) is 68.0 Å². The second kappa shape index (κ2) is 33.2. The highest BCUT2D eigenvalue weighted by Crippen LogP contribution is 2.27. The molecule has 0 aliphatic rings. The monoisotopic (exact) mass is 572 g/mol. The van der Waals surface area contributed by atoms with Gasteiger partial charge in [0.05, 0.1) is 6.20 Å². The lowest BCUT2D eigenvalue weighted by Crippen LogP contribution is -1.91. The van der Waals surface area contributed by atoms with Crippen LogP contribution >= 0.6 is 0 Å². The minimum absolute atomic E-state index is 0.133. The van der Waals surface area contributed by atoms with Gasteiger partial charge in [-0.3, -0.25) is 5.10 Å². The van der Waals surface area contributed by atoms with Crippen molar-refractivity contribution in [2.24, 2.45) is 0 Å². The second-order valence-electron chi connectivity index (χ2n) is 8.34. The Morgan fingerprint density at radius 1 is 0.902 bits per heavy atom. The molecule has 2 aromatic carbocycles. The Bertz CT molecular complexity index is 975. The van der Waals surface area contributed by atoms with Gasteiger partial charge in [-0.05, 0) is 67.6 Å². The Kier molecular flexibility index (Phi) is 36.4. The lowest BCUT2D eigenvalue weighted by atomic mass is 9.98. The number of unbranched alkanes of at least 4 members (excludes halogenated alkanes) is 2. The number of H-pyrrole nitrogens is 1. The molecule has 4 heteroatoms. The maximum atomic E-state index is 13.9. The van der Waals surface area contributed by atoms with E-state index in [9.17, 15) is 8.78 Å². The van der Waals surface area contributed by atoms with Gasteiger partial charge in [0.25, 0.3) is 0 Å². The zero-order valence-electron chi connectivity index (χ0n) is 28.6. The first-order valence-electron chi connectivity index (χ1n) is 15.6. The number of nitrogens with one attached hydrogen (secondary N) is 1. The first kappa shape index (κ1) is 45.0. The van der Waals surface area contributed by atoms with E-state index in [4.69, 9.17) is 0 Å². The number of aryl methyl sites for hydroxylation is 2. The van der Waals surface area contributed by atoms with Crippen LogP contribution in [0.3, 0.4) is 0 Å². The highest BCUT2D eigenvalue weighted by Gasteiger charge is 2.10. The number of benzene rings is 2. The summed E-state index contributed by atoms with van der Waals surface area (Å²) in [5, 5.41) is 6.50. The van der Waals surface area contributed by atoms with Gasteiger partial charge in [0, 0.05) is 17.3 Å². The van der Waals surface area contributed by atoms with E-state index < -0.39 is 0 Å². The highest BCUT2D eigenvalue weighted by molar-refractivity contribution is 5.71. The summed E-state index contributed by atoms with van der Waals surface area (Å²) < 4.78 is 26.4. The quantitative estimate of drug-likeness (QED) is 0.280. The van der Waals surface area contributed by atoms with E-state index >= 15 is 0 Å². The summed E-state index contributed by atoms with van der Waals surface area (Å²) in [6, 6.07) is 10.1. The van der Waals surface area contributed by atoms with Crippen molar-refractivity contribution in [1.82, 2.24) is 10.2 Å². The molecule has 0 unspecified atom stereocenters. The molecule has 1 N–H and O–H groups in total. The fraction of sp³-hybridized carbons (Fsp3) is 0.486. The number of hydrogen-bond acceptors (Lipinski definition) is 1. The standard InChI is InChI=1S/C13H13FN2.C9H11F.C5H12.C4H8.3C2H6/c1-8(2)11-5-13(14)12(4-9(11)3)10-6-15-16-7-10;1-2-4-8-5-3-6-9(10)7-8;1-3-5-4-2;1-3-4-2;3*1-2/h4-7H,1H2,2-3H3,(H,15,16);3,5-7H,2,4H2,1H3;3-5H2,1-2H3;3H,1,4H2,2H3;3*1-2H3. The Balaban J connectivity index is -0.000000235. The van der Waals surface area contributed by atoms with Gasteiger partial charge in [0.1, 0.15) is 11.6 Å². The summed E-state index contributed by atoms with van der Waals surface area (Å²) in [4.78, 5) is 0. The molecule has 0 atom stereocenters. The molecule has 3 rings (SSSR count). The first-order chi connectivity index (χ1) is 19.7. The summed E-state index contributed by atoms with van der Waals surface area (Å²) in [5.74, 6) is -0.379. The minimum atomic E-state index is -0.245. The van der Waals surface area contributed by atoms with Crippen molar-refractivity contribution in [3.8, 4) is 11.1 Å². The normalized spacial score (nSPS) is 8.54. The SMILES string of the molecule is C=C(C)c1cc(F)c(-c2cn[nH]c2)cc1C.C=CCC.CC.CC.CC.CCCCC.CCCc1cccc(F)c1. The van der Waals surface area contributed by atoms with Crippen molar-refractivity contribution in [3.63, 3.8) is 0 Å². The molecule has 0 fully saturated rings. The zero-order valence-corrected chi connectivity index (χ0v) is 28.6. The Hall–Kier alpha value is -3.01. The predicted octanol–water partition coefficient (Wildman–Crippen LogP) is 13.2. The molecule has 0 saturated carbocycles. The molecule has 0 radical (unpaired) electrons. The fourth-order valence-corrected chi connectivity index (χ4v) is 3.10. The van der Waals surface area contributed by atoms with Crippen LogP contribution in [0.5, 0.6) is 0 Å². The maximum absolute atomic E-state index is 13.9. The van der Waals surface area contributed by atoms with E-state index in [1.165, 1.54) is 31.4 Å². The van der Waals surface area contributed by atoms with Crippen molar-refractivity contribution in [1.29, 1.82) is 0 Å². The van der Waals surface area contributed by atoms with Gasteiger partial charge < -0.3 is 0 Å². The molecule has 0 aliphatic heterocycles. The largest absolute Gasteiger partial charge is 0.285 e. The molecule has 0 bridgehead atoms. The molecular formula is C37H62F2N2. The highest BCUT2D eigenvalue weighted by atomic mass is 19.1. The smallest absolute Gasteiger partial charge is 0.131 e. The van der Waals surface area contributed by atoms with Crippen LogP contribution in [-0.4, -0.2) is 10.2 Å². The van der Waals surface area contributed by atoms with Crippen molar-refractivity contribution < 1.29 is 8.78 Å². The summed E-state index contributed by atoms with van der Waals surface area (Å²) in [5.41, 5.74) is 5.16. The van der Waals surface area contributed by atoms with Gasteiger partial charge in [-0.15, -0.1) is 6.58 Å². The number of hydrogen-bond donors (Lipinski definition) is 1. The topological polar surface area (TPSA) is 28.7 Å². The predicted molar refractivity (Wildman–Crippen MR) is 184 cm³/mol. The Morgan fingerprint density at radius 2 is 1.46 bits per heavy atom. The zero-order chi connectivity index (χ0) is 32.6. The third-order valence-corrected chi connectivity index (χ3v) is 5.01. The summed E-state index contributed by atoms with van der Waals surface area (Å²) in [6.45, 7) is 31.7. The van der Waals surface area contributed by atoms with Crippen LogP contribution < -0.4 is 0 Å². The number of aromatic nitrogens is 2. The van der Waals surface area contributed by atoms with E-state index in [0.717, 1.165) is 47.1 Å². The number of aromatic amines is 1. The van der Waals surface area contributed by atoms with Crippen molar-refractivity contribution in [2.75, 3.05) is 0 Å². The van der Waals surface area contributed by atoms with Gasteiger partial charge in [-0.1, -0.05) is 125 Å². The lowest BCUT2D eigenvalue weighted by Gasteiger charge is -2.08. The average molecular weight is 573 g/mol. The van der Waals surface area contributed by atoms with Crippen LogP contribution in [0.1, 0.15) is 125 Å². The Morgan fingerprint density at radius 3 is 1.83 bits per heavy atom. The lowest BCUT2D eigenvalue weighted by molar-refractivity contribution is 0.625. The van der Waals surface area contributed by atoms with Gasteiger partial charge in [0.2, 0.25) is 0 Å². The molecule has 2 nitrogen and oxygen atoms in total. The van der Waals surface area contributed by atoms with Crippen LogP contribution in [0.2, 0.25) is 0 Å². The van der Waals surface area contributed by atoms with Gasteiger partial charge in [-0.2, -0.15) is 5.10 Å². The summed E-state index contributed by atoms with van der Waals surface area (Å²) >= 11 is 0. The van der Waals surface area contributed by atoms with Crippen LogP contribution in [-0.2, 0) is 6.42 Å². The molecule has 0 saturated heterocycles. The minimum Gasteiger partial charge on any atom is -0.285 e. The maximum Gasteiger partial charge on any atom is 0.131 e. The average Bonchev–Trinajstić information content (AvgIpc) is 3.53. The van der Waals surface area contributed by atoms with E-state index in [1.807, 2.05) is 73.6 Å². The molecule has 1 aromatic heterocycles. The fourth-order valence-electron chi connectivity index (χ4n) is 3.10. The molecule has 1 heterocycles. The van der Waals surface area contributed by atoms with Crippen molar-refractivity contribution in [3.05, 3.63) is 96.4 Å². The molecule has 3 aromatic rings. The number of rotatable bonds is 7. The first-order valence-corrected chi connectivity index (χ1v) is 15.6. The van der Waals surface area contributed by atoms with Crippen LogP contribution in [0.25, 0.3) is 16.7 Å². The molecule has 234 valence electrons. The van der Waals surface area contributed by atoms with Crippen molar-refractivity contribution >= 4 is 5.57 Å². The number of halogens is 2. The second-order valence-corrected chi connectivity index (χ2v) is 8.34. The van der Waals surface area contributed by atoms with Gasteiger partial charge >= 0.3 is 0 Å². The van der Waals surface area contributed by atoms with Crippen LogP contribution in [0, 0.1) is 18.6 Å². The van der Waals surface area contributed by atoms with Crippen molar-refractivity contribution in [2.45, 2.75) is 122 Å². The molecule has 41 heavy (non-hydrogen) atoms. The molecule has 0 amide bonds.